The third-order valence-electron chi connectivity index (χ3n) is 20.6. The Bertz CT molecular complexity index is 5000. The highest BCUT2D eigenvalue weighted by atomic mass is 14.9. The van der Waals surface area contributed by atoms with Crippen LogP contribution in [0, 0.1) is 48.2 Å². The molecule has 5 aliphatic rings. The highest BCUT2D eigenvalue weighted by Gasteiger charge is 2.35. The van der Waals surface area contributed by atoms with Crippen molar-refractivity contribution < 1.29 is 0 Å². The molecule has 5 aliphatic heterocycles. The van der Waals surface area contributed by atoms with Gasteiger partial charge in [-0.1, -0.05) is 230 Å². The Morgan fingerprint density at radius 3 is 0.940 bits per heavy atom. The van der Waals surface area contributed by atoms with Crippen molar-refractivity contribution in [2.45, 2.75) is 188 Å². The van der Waals surface area contributed by atoms with E-state index in [1.165, 1.54) is 66.8 Å². The summed E-state index contributed by atoms with van der Waals surface area (Å²) in [6, 6.07) is 49.0. The van der Waals surface area contributed by atoms with Crippen LogP contribution in [0.25, 0.3) is 33.7 Å². The molecule has 0 unspecified atom stereocenters. The summed E-state index contributed by atoms with van der Waals surface area (Å²) in [6.45, 7) is 37.4. The first-order chi connectivity index (χ1) is 48.4. The maximum absolute atomic E-state index is 6.09. The lowest BCUT2D eigenvalue weighted by Gasteiger charge is -2.14. The molecule has 4 N–H and O–H groups in total. The molecule has 512 valence electrons. The van der Waals surface area contributed by atoms with Crippen LogP contribution in [0.2, 0.25) is 0 Å². The average molecular weight is 1320 g/mol. The van der Waals surface area contributed by atoms with Gasteiger partial charge in [0.05, 0.1) is 88.4 Å². The third kappa shape index (κ3) is 13.2. The van der Waals surface area contributed by atoms with Gasteiger partial charge in [0, 0.05) is 22.3 Å². The molecule has 0 aliphatic carbocycles. The number of hydrogen-bond donors (Lipinski definition) is 4. The van der Waals surface area contributed by atoms with E-state index in [0.29, 0.717) is 23.7 Å². The topological polar surface area (TPSA) is 113 Å². The van der Waals surface area contributed by atoms with Gasteiger partial charge in [0.25, 0.3) is 0 Å². The molecule has 0 spiro atoms. The summed E-state index contributed by atoms with van der Waals surface area (Å²) < 4.78 is 0. The number of aromatic amines is 4. The van der Waals surface area contributed by atoms with Crippen LogP contribution in [0.4, 0.5) is 0 Å². The zero-order valence-electron chi connectivity index (χ0n) is 62.4. The maximum atomic E-state index is 6.09. The Morgan fingerprint density at radius 1 is 0.330 bits per heavy atom. The fourth-order valence-electron chi connectivity index (χ4n) is 16.1. The number of aryl methyl sites for hydroxylation is 2. The van der Waals surface area contributed by atoms with Crippen LogP contribution in [-0.2, 0) is 25.7 Å². The Labute approximate surface area is 593 Å². The number of H-pyrrole nitrogens is 4. The van der Waals surface area contributed by atoms with Crippen LogP contribution in [0.3, 0.4) is 0 Å². The highest BCUT2D eigenvalue weighted by molar-refractivity contribution is 6.36. The lowest BCUT2D eigenvalue weighted by Crippen LogP contribution is -2.22. The SMILES string of the molecule is CCCC1=CC2=c3cc(CCC)c([nH]3)=C(c3ccccc3)C3=NC(=C4N=C(C(C)=C4CC(C)C)C(c4ccccc4)=c4[nH]c(cc4CCC)=C4C=C(CCC)C(=N4)C(c4ccccc4)=c4[nH]c(c(CC(C)C)c4C)=c4[nH]c(c(C)c4CC(C)C)=C(c4ccccc4)C1=N2)C(CC(C)C)=C3C. The summed E-state index contributed by atoms with van der Waals surface area (Å²) in [5.41, 5.74) is 32.0. The molecule has 4 aromatic heterocycles. The summed E-state index contributed by atoms with van der Waals surface area (Å²) in [7, 11) is 0. The minimum Gasteiger partial charge on any atom is -0.353 e. The number of hydrogen-bond acceptors (Lipinski definition) is 4. The molecule has 0 saturated carbocycles. The molecular weight excluding hydrogens is 1220 g/mol. The molecule has 0 atom stereocenters. The highest BCUT2D eigenvalue weighted by Crippen LogP contribution is 2.44. The first-order valence-electron chi connectivity index (χ1n) is 37.6. The van der Waals surface area contributed by atoms with Crippen LogP contribution in [0.1, 0.15) is 204 Å². The predicted molar refractivity (Wildman–Crippen MR) is 423 cm³/mol. The number of rotatable bonds is 20. The molecule has 4 aromatic carbocycles. The minimum absolute atomic E-state index is 0.358. The largest absolute Gasteiger partial charge is 0.353 e. The standard InChI is InChI=1S/C92H104N8/c1-17-33-65-49-73-74-50-66(34-18-2)86(94-74)78(62-39-27-22-28-40-62)82-59(15)71(47-55(9)10)91(99-82)92-72(48-56(11)12)60(16)84(100-92)80(64-43-31-24-32-44-64)88-68(36-20-4)52-76(96-88)75-51-67(35-19-3)87(95-75)79(63-41-29-23-30-42-63)83-58(14)70(46-54(7)8)90(98-83)89-69(45-53(5)6)57(13)81(97-89)77(85(65)93-73)61-37-25-21-26-38-61/h21-32,37-44,49-56,93,95,99-100H,17-20,33-36,45-48H2,1-16H3. The average Bonchev–Trinajstić information content (AvgIpc) is 1.59. The van der Waals surface area contributed by atoms with Crippen molar-refractivity contribution in [1.29, 1.82) is 0 Å². The first-order valence-corrected chi connectivity index (χ1v) is 37.6. The van der Waals surface area contributed by atoms with Crippen LogP contribution in [0.15, 0.2) is 210 Å². The summed E-state index contributed by atoms with van der Waals surface area (Å²) >= 11 is 0. The summed E-state index contributed by atoms with van der Waals surface area (Å²) in [4.78, 5) is 41.1. The van der Waals surface area contributed by atoms with E-state index in [9.17, 15) is 0 Å². The third-order valence-corrected chi connectivity index (χ3v) is 20.6. The smallest absolute Gasteiger partial charge is 0.0932 e. The molecule has 0 amide bonds. The van der Waals surface area contributed by atoms with E-state index in [0.717, 1.165) is 210 Å². The van der Waals surface area contributed by atoms with Gasteiger partial charge in [0.2, 0.25) is 0 Å². The van der Waals surface area contributed by atoms with Crippen LogP contribution in [-0.4, -0.2) is 42.8 Å². The van der Waals surface area contributed by atoms with E-state index in [1.807, 2.05) is 0 Å². The first kappa shape index (κ1) is 69.1. The second kappa shape index (κ2) is 29.4. The molecule has 100 heavy (non-hydrogen) atoms. The molecule has 0 fully saturated rings. The lowest BCUT2D eigenvalue weighted by molar-refractivity contribution is 0.637. The van der Waals surface area contributed by atoms with Gasteiger partial charge in [0.1, 0.15) is 0 Å². The van der Waals surface area contributed by atoms with Gasteiger partial charge in [-0.15, -0.1) is 0 Å². The molecule has 16 bridgehead atoms. The van der Waals surface area contributed by atoms with Crippen molar-refractivity contribution in [3.8, 4) is 0 Å². The van der Waals surface area contributed by atoms with Crippen molar-refractivity contribution in [3.05, 3.63) is 289 Å². The zero-order valence-corrected chi connectivity index (χ0v) is 62.4. The van der Waals surface area contributed by atoms with Crippen molar-refractivity contribution in [1.82, 2.24) is 19.9 Å². The number of nitrogens with one attached hydrogen (secondary N) is 4. The van der Waals surface area contributed by atoms with Crippen LogP contribution in [0.5, 0.6) is 0 Å². The molecule has 13 rings (SSSR count). The molecule has 8 aromatic rings. The number of benzene rings is 4. The Balaban J connectivity index is 1.28. The Kier molecular flexibility index (Phi) is 20.3. The molecule has 9 heterocycles. The van der Waals surface area contributed by atoms with E-state index >= 15 is 0 Å². The quantitative estimate of drug-likeness (QED) is 0.0583. The van der Waals surface area contributed by atoms with Gasteiger partial charge < -0.3 is 19.9 Å². The van der Waals surface area contributed by atoms with E-state index in [-0.39, 0.29) is 0 Å². The lowest BCUT2D eigenvalue weighted by atomic mass is 9.88. The number of allylic oxidation sites excluding steroid dienone is 6. The fourth-order valence-corrected chi connectivity index (χ4v) is 16.1. The molecule has 8 nitrogen and oxygen atoms in total. The summed E-state index contributed by atoms with van der Waals surface area (Å²) in [6.07, 6.45) is 15.7. The second-order valence-electron chi connectivity index (χ2n) is 30.3. The van der Waals surface area contributed by atoms with Crippen molar-refractivity contribution in [2.24, 2.45) is 43.6 Å². The van der Waals surface area contributed by atoms with Gasteiger partial charge in [-0.2, -0.15) is 0 Å². The minimum atomic E-state index is 0.358. The van der Waals surface area contributed by atoms with E-state index in [1.54, 1.807) is 0 Å². The van der Waals surface area contributed by atoms with E-state index in [2.05, 4.69) is 276 Å². The normalized spacial score (nSPS) is 15.8. The van der Waals surface area contributed by atoms with Crippen molar-refractivity contribution in [2.75, 3.05) is 0 Å². The van der Waals surface area contributed by atoms with Gasteiger partial charge in [-0.25, -0.2) is 20.0 Å². The van der Waals surface area contributed by atoms with Crippen molar-refractivity contribution >= 4 is 56.5 Å². The maximum Gasteiger partial charge on any atom is 0.0932 e. The summed E-state index contributed by atoms with van der Waals surface area (Å²) in [5, 5.41) is 8.73. The van der Waals surface area contributed by atoms with Crippen LogP contribution >= 0.6 is 0 Å². The Hall–Kier alpha value is -9.40. The zero-order chi connectivity index (χ0) is 70.2. The van der Waals surface area contributed by atoms with Gasteiger partial charge >= 0.3 is 0 Å². The molecule has 8 heteroatoms. The summed E-state index contributed by atoms with van der Waals surface area (Å²) in [5.74, 6) is 1.48. The number of nitrogens with zero attached hydrogens (tertiary/aromatic N) is 4. The number of aromatic nitrogens is 4. The predicted octanol–water partition coefficient (Wildman–Crippen LogP) is 17.8. The van der Waals surface area contributed by atoms with E-state index < -0.39 is 0 Å². The Morgan fingerprint density at radius 2 is 0.640 bits per heavy atom. The number of aliphatic imine (C=N–C) groups is 4. The van der Waals surface area contributed by atoms with Gasteiger partial charge in [-0.05, 0) is 216 Å². The molecule has 0 saturated heterocycles. The number of fused-ring (bicyclic) bond motifs is 12. The van der Waals surface area contributed by atoms with Gasteiger partial charge in [-0.3, -0.25) is 0 Å². The fraction of sp³-hybridized carbons (Fsp3) is 0.348. The van der Waals surface area contributed by atoms with Gasteiger partial charge in [0.15, 0.2) is 0 Å². The molecular formula is C92H104N8. The van der Waals surface area contributed by atoms with E-state index in [4.69, 9.17) is 20.0 Å². The molecule has 0 radical (unpaired) electrons. The van der Waals surface area contributed by atoms with Crippen molar-refractivity contribution in [3.63, 3.8) is 0 Å². The van der Waals surface area contributed by atoms with Crippen LogP contribution < -0.4 is 32.1 Å². The second-order valence-corrected chi connectivity index (χ2v) is 30.3. The monoisotopic (exact) mass is 1320 g/mol.